The molecule has 0 aliphatic rings. The van der Waals surface area contributed by atoms with Gasteiger partial charge in [-0.25, -0.2) is 4.39 Å². The number of benzene rings is 1. The lowest BCUT2D eigenvalue weighted by atomic mass is 9.99. The number of nitrogens with one attached hydrogen (secondary N) is 1. The molecular formula is C15H22FNO. The first-order valence-corrected chi connectivity index (χ1v) is 6.41. The van der Waals surface area contributed by atoms with Gasteiger partial charge >= 0.3 is 0 Å². The number of ether oxygens (including phenoxy) is 1. The van der Waals surface area contributed by atoms with Crippen molar-refractivity contribution in [1.82, 2.24) is 5.32 Å². The van der Waals surface area contributed by atoms with E-state index in [2.05, 4.69) is 11.9 Å². The predicted octanol–water partition coefficient (Wildman–Crippen LogP) is 3.84. The van der Waals surface area contributed by atoms with Crippen molar-refractivity contribution in [3.05, 3.63) is 42.2 Å². The van der Waals surface area contributed by atoms with Gasteiger partial charge in [0.15, 0.2) is 0 Å². The number of methoxy groups -OCH3 is 1. The molecule has 1 aromatic rings. The quantitative estimate of drug-likeness (QED) is 0.560. The average molecular weight is 251 g/mol. The Morgan fingerprint density at radius 3 is 2.89 bits per heavy atom. The molecule has 0 heterocycles. The van der Waals surface area contributed by atoms with Gasteiger partial charge in [-0.1, -0.05) is 19.1 Å². The number of hydrogen-bond donors (Lipinski definition) is 1. The Balaban J connectivity index is 2.92. The van der Waals surface area contributed by atoms with Crippen LogP contribution in [0.2, 0.25) is 0 Å². The van der Waals surface area contributed by atoms with Gasteiger partial charge in [0.2, 0.25) is 0 Å². The standard InChI is InChI=1S/C15H22FNO/c1-4-6-7-10-13(17-5-2)15-12(16)9-8-11-14(15)18-3/h4,8-9,11,13,17H,1,5-7,10H2,2-3H3. The minimum atomic E-state index is -0.209. The number of hydrogen-bond acceptors (Lipinski definition) is 2. The molecule has 100 valence electrons. The molecule has 2 nitrogen and oxygen atoms in total. The predicted molar refractivity (Wildman–Crippen MR) is 73.4 cm³/mol. The van der Waals surface area contributed by atoms with Crippen LogP contribution >= 0.6 is 0 Å². The first-order valence-electron chi connectivity index (χ1n) is 6.41. The van der Waals surface area contributed by atoms with E-state index in [1.54, 1.807) is 19.2 Å². The van der Waals surface area contributed by atoms with Crippen LogP contribution < -0.4 is 10.1 Å². The summed E-state index contributed by atoms with van der Waals surface area (Å²) < 4.78 is 19.2. The molecule has 1 unspecified atom stereocenters. The van der Waals surface area contributed by atoms with Gasteiger partial charge in [0, 0.05) is 11.6 Å². The zero-order chi connectivity index (χ0) is 13.4. The summed E-state index contributed by atoms with van der Waals surface area (Å²) in [5, 5.41) is 3.32. The van der Waals surface area contributed by atoms with Crippen molar-refractivity contribution in [1.29, 1.82) is 0 Å². The van der Waals surface area contributed by atoms with Crippen LogP contribution in [0.1, 0.15) is 37.8 Å². The summed E-state index contributed by atoms with van der Waals surface area (Å²) in [5.41, 5.74) is 0.630. The largest absolute Gasteiger partial charge is 0.496 e. The second kappa shape index (κ2) is 7.88. The molecule has 0 aliphatic carbocycles. The van der Waals surface area contributed by atoms with E-state index in [9.17, 15) is 4.39 Å². The van der Waals surface area contributed by atoms with Crippen LogP contribution in [0.3, 0.4) is 0 Å². The van der Waals surface area contributed by atoms with Crippen molar-refractivity contribution in [3.8, 4) is 5.75 Å². The van der Waals surface area contributed by atoms with Crippen LogP contribution in [0.5, 0.6) is 5.75 Å². The topological polar surface area (TPSA) is 21.3 Å². The third-order valence-electron chi connectivity index (χ3n) is 2.93. The monoisotopic (exact) mass is 251 g/mol. The Morgan fingerprint density at radius 2 is 2.28 bits per heavy atom. The van der Waals surface area contributed by atoms with E-state index >= 15 is 0 Å². The molecule has 0 aromatic heterocycles. The molecule has 0 saturated heterocycles. The average Bonchev–Trinajstić information content (AvgIpc) is 2.38. The third-order valence-corrected chi connectivity index (χ3v) is 2.93. The van der Waals surface area contributed by atoms with Gasteiger partial charge in [-0.3, -0.25) is 0 Å². The molecule has 0 amide bonds. The van der Waals surface area contributed by atoms with E-state index < -0.39 is 0 Å². The zero-order valence-electron chi connectivity index (χ0n) is 11.2. The highest BCUT2D eigenvalue weighted by atomic mass is 19.1. The molecule has 3 heteroatoms. The van der Waals surface area contributed by atoms with Crippen molar-refractivity contribution in [3.63, 3.8) is 0 Å². The second-order valence-corrected chi connectivity index (χ2v) is 4.19. The maximum atomic E-state index is 14.0. The molecule has 0 aliphatic heterocycles. The zero-order valence-corrected chi connectivity index (χ0v) is 11.2. The highest BCUT2D eigenvalue weighted by molar-refractivity contribution is 5.37. The van der Waals surface area contributed by atoms with Crippen molar-refractivity contribution >= 4 is 0 Å². The molecule has 1 atom stereocenters. The molecule has 0 radical (unpaired) electrons. The Morgan fingerprint density at radius 1 is 1.50 bits per heavy atom. The van der Waals surface area contributed by atoms with Gasteiger partial charge in [0.1, 0.15) is 11.6 Å². The van der Waals surface area contributed by atoms with Crippen LogP contribution in [-0.2, 0) is 0 Å². The maximum Gasteiger partial charge on any atom is 0.131 e. The van der Waals surface area contributed by atoms with E-state index in [1.165, 1.54) is 6.07 Å². The van der Waals surface area contributed by atoms with E-state index in [1.807, 2.05) is 13.0 Å². The molecule has 1 N–H and O–H groups in total. The van der Waals surface area contributed by atoms with Crippen molar-refractivity contribution in [2.45, 2.75) is 32.2 Å². The van der Waals surface area contributed by atoms with Crippen molar-refractivity contribution in [2.75, 3.05) is 13.7 Å². The normalized spacial score (nSPS) is 12.2. The van der Waals surface area contributed by atoms with Crippen LogP contribution in [-0.4, -0.2) is 13.7 Å². The minimum absolute atomic E-state index is 0.00824. The van der Waals surface area contributed by atoms with E-state index in [0.717, 1.165) is 25.8 Å². The number of halogens is 1. The highest BCUT2D eigenvalue weighted by Gasteiger charge is 2.18. The van der Waals surface area contributed by atoms with Gasteiger partial charge in [0.25, 0.3) is 0 Å². The Hall–Kier alpha value is -1.35. The first kappa shape index (κ1) is 14.7. The second-order valence-electron chi connectivity index (χ2n) is 4.19. The van der Waals surface area contributed by atoms with Gasteiger partial charge in [-0.05, 0) is 37.9 Å². The summed E-state index contributed by atoms with van der Waals surface area (Å²) >= 11 is 0. The fraction of sp³-hybridized carbons (Fsp3) is 0.467. The molecule has 0 saturated carbocycles. The number of unbranched alkanes of at least 4 members (excludes halogenated alkanes) is 1. The summed E-state index contributed by atoms with van der Waals surface area (Å²) in [6.45, 7) is 6.53. The van der Waals surface area contributed by atoms with Gasteiger partial charge in [-0.2, -0.15) is 0 Å². The molecule has 0 spiro atoms. The molecule has 1 aromatic carbocycles. The maximum absolute atomic E-state index is 14.0. The Labute approximate surface area is 109 Å². The summed E-state index contributed by atoms with van der Waals surface area (Å²) in [6.07, 6.45) is 4.69. The third kappa shape index (κ3) is 3.84. The summed E-state index contributed by atoms with van der Waals surface area (Å²) in [4.78, 5) is 0. The van der Waals surface area contributed by atoms with Gasteiger partial charge < -0.3 is 10.1 Å². The van der Waals surface area contributed by atoms with Crippen LogP contribution in [0.25, 0.3) is 0 Å². The lowest BCUT2D eigenvalue weighted by Gasteiger charge is -2.21. The Bertz CT molecular complexity index is 379. The van der Waals surface area contributed by atoms with Crippen LogP contribution in [0.15, 0.2) is 30.9 Å². The Kier molecular flexibility index (Phi) is 6.44. The van der Waals surface area contributed by atoms with Crippen LogP contribution in [0, 0.1) is 5.82 Å². The lowest BCUT2D eigenvalue weighted by Crippen LogP contribution is -2.22. The fourth-order valence-electron chi connectivity index (χ4n) is 2.09. The van der Waals surface area contributed by atoms with E-state index in [0.29, 0.717) is 11.3 Å². The fourth-order valence-corrected chi connectivity index (χ4v) is 2.09. The SMILES string of the molecule is C=CCCCC(NCC)c1c(F)cccc1OC. The van der Waals surface area contributed by atoms with Gasteiger partial charge in [0.05, 0.1) is 7.11 Å². The van der Waals surface area contributed by atoms with Crippen molar-refractivity contribution < 1.29 is 9.13 Å². The summed E-state index contributed by atoms with van der Waals surface area (Å²) in [5.74, 6) is 0.401. The van der Waals surface area contributed by atoms with E-state index in [4.69, 9.17) is 4.74 Å². The minimum Gasteiger partial charge on any atom is -0.496 e. The molecule has 1 rings (SSSR count). The molecule has 0 fully saturated rings. The first-order chi connectivity index (χ1) is 8.74. The molecular weight excluding hydrogens is 229 g/mol. The smallest absolute Gasteiger partial charge is 0.131 e. The number of rotatable bonds is 8. The highest BCUT2D eigenvalue weighted by Crippen LogP contribution is 2.30. The van der Waals surface area contributed by atoms with E-state index in [-0.39, 0.29) is 11.9 Å². The summed E-state index contributed by atoms with van der Waals surface area (Å²) in [7, 11) is 1.57. The molecule has 18 heavy (non-hydrogen) atoms. The molecule has 0 bridgehead atoms. The summed E-state index contributed by atoms with van der Waals surface area (Å²) in [6, 6.07) is 4.95. The number of allylic oxidation sites excluding steroid dienone is 1. The van der Waals surface area contributed by atoms with Crippen molar-refractivity contribution in [2.24, 2.45) is 0 Å². The van der Waals surface area contributed by atoms with Crippen LogP contribution in [0.4, 0.5) is 4.39 Å². The lowest BCUT2D eigenvalue weighted by molar-refractivity contribution is 0.385. The van der Waals surface area contributed by atoms with Gasteiger partial charge in [-0.15, -0.1) is 6.58 Å².